The number of hydrogen-bond acceptors (Lipinski definition) is 9. The second-order valence-corrected chi connectivity index (χ2v) is 9.10. The summed E-state index contributed by atoms with van der Waals surface area (Å²) >= 11 is 0. The molecule has 42 heavy (non-hydrogen) atoms. The number of esters is 4. The molecule has 0 bridgehead atoms. The zero-order valence-corrected chi connectivity index (χ0v) is 23.5. The van der Waals surface area contributed by atoms with Crippen molar-refractivity contribution in [3.05, 3.63) is 102 Å². The molecule has 0 saturated heterocycles. The Kier molecular flexibility index (Phi) is 12.8. The maximum absolute atomic E-state index is 12.9. The van der Waals surface area contributed by atoms with E-state index < -0.39 is 23.9 Å². The van der Waals surface area contributed by atoms with Crippen LogP contribution in [-0.4, -0.2) is 37.1 Å². The topological polar surface area (TPSA) is 114 Å². The highest BCUT2D eigenvalue weighted by molar-refractivity contribution is 5.95. The average molecular weight is 575 g/mol. The minimum Gasteiger partial charge on any atom is -0.494 e. The molecular formula is C33H34O9. The van der Waals surface area contributed by atoms with Crippen molar-refractivity contribution in [2.75, 3.05) is 13.2 Å². The molecule has 3 rings (SSSR count). The molecule has 0 atom stereocenters. The molecule has 9 heteroatoms. The molecule has 0 unspecified atom stereocenters. The van der Waals surface area contributed by atoms with Gasteiger partial charge in [0, 0.05) is 12.5 Å². The Hall–Kier alpha value is -4.92. The Balaban J connectivity index is 1.53. The van der Waals surface area contributed by atoms with Crippen LogP contribution < -0.4 is 14.2 Å². The summed E-state index contributed by atoms with van der Waals surface area (Å²) in [5.74, 6) is -1.60. The van der Waals surface area contributed by atoms with Gasteiger partial charge in [0.05, 0.1) is 18.8 Å². The van der Waals surface area contributed by atoms with Crippen molar-refractivity contribution in [2.45, 2.75) is 45.6 Å². The van der Waals surface area contributed by atoms with E-state index >= 15 is 0 Å². The third-order valence-electron chi connectivity index (χ3n) is 5.92. The van der Waals surface area contributed by atoms with E-state index in [1.54, 1.807) is 31.2 Å². The van der Waals surface area contributed by atoms with Gasteiger partial charge in [0.1, 0.15) is 29.4 Å². The second-order valence-electron chi connectivity index (χ2n) is 9.10. The molecule has 0 aromatic heterocycles. The molecule has 0 heterocycles. The van der Waals surface area contributed by atoms with E-state index in [9.17, 15) is 19.2 Å². The summed E-state index contributed by atoms with van der Waals surface area (Å²) in [6.45, 7) is 5.89. The van der Waals surface area contributed by atoms with E-state index in [2.05, 4.69) is 6.58 Å². The highest BCUT2D eigenvalue weighted by Gasteiger charge is 2.19. The first kappa shape index (κ1) is 31.6. The molecule has 0 saturated carbocycles. The van der Waals surface area contributed by atoms with E-state index in [1.165, 1.54) is 18.2 Å². The van der Waals surface area contributed by atoms with Gasteiger partial charge in [0.2, 0.25) is 0 Å². The Morgan fingerprint density at radius 1 is 0.738 bits per heavy atom. The predicted molar refractivity (Wildman–Crippen MR) is 154 cm³/mol. The van der Waals surface area contributed by atoms with Crippen LogP contribution in [0.15, 0.2) is 85.5 Å². The van der Waals surface area contributed by atoms with Crippen LogP contribution in [0, 0.1) is 0 Å². The first-order valence-corrected chi connectivity index (χ1v) is 13.7. The third-order valence-corrected chi connectivity index (χ3v) is 5.92. The number of ether oxygens (including phenoxy) is 5. The van der Waals surface area contributed by atoms with Gasteiger partial charge in [0.15, 0.2) is 0 Å². The molecular weight excluding hydrogens is 540 g/mol. The lowest BCUT2D eigenvalue weighted by Gasteiger charge is -2.12. The van der Waals surface area contributed by atoms with Gasteiger partial charge in [-0.25, -0.2) is 14.4 Å². The lowest BCUT2D eigenvalue weighted by molar-refractivity contribution is -0.138. The average Bonchev–Trinajstić information content (AvgIpc) is 3.02. The fourth-order valence-electron chi connectivity index (χ4n) is 3.65. The molecule has 0 fully saturated rings. The van der Waals surface area contributed by atoms with Crippen LogP contribution in [0.5, 0.6) is 17.2 Å². The maximum Gasteiger partial charge on any atom is 0.343 e. The maximum atomic E-state index is 12.9. The van der Waals surface area contributed by atoms with Crippen LogP contribution in [0.3, 0.4) is 0 Å². The van der Waals surface area contributed by atoms with Crippen LogP contribution in [0.4, 0.5) is 0 Å². The number of hydrogen-bond donors (Lipinski definition) is 0. The lowest BCUT2D eigenvalue weighted by Crippen LogP contribution is -2.13. The van der Waals surface area contributed by atoms with Crippen molar-refractivity contribution in [2.24, 2.45) is 0 Å². The first-order chi connectivity index (χ1) is 20.4. The first-order valence-electron chi connectivity index (χ1n) is 13.7. The van der Waals surface area contributed by atoms with Gasteiger partial charge < -0.3 is 23.7 Å². The number of carbonyl (C=O) groups excluding carboxylic acids is 4. The molecule has 0 spiro atoms. The van der Waals surface area contributed by atoms with E-state index in [1.807, 2.05) is 30.3 Å². The number of unbranched alkanes of at least 4 members (excludes halogenated alkanes) is 3. The van der Waals surface area contributed by atoms with Crippen molar-refractivity contribution >= 4 is 23.9 Å². The summed E-state index contributed by atoms with van der Waals surface area (Å²) in [5, 5.41) is 0. The fraction of sp³-hybridized carbons (Fsp3) is 0.273. The molecule has 0 aliphatic heterocycles. The molecule has 0 radical (unpaired) electrons. The molecule has 220 valence electrons. The lowest BCUT2D eigenvalue weighted by atomic mass is 10.1. The van der Waals surface area contributed by atoms with Gasteiger partial charge in [-0.05, 0) is 73.7 Å². The van der Waals surface area contributed by atoms with Crippen LogP contribution in [0.1, 0.15) is 65.3 Å². The van der Waals surface area contributed by atoms with E-state index in [0.717, 1.165) is 37.3 Å². The Labute approximate surface area is 245 Å². The van der Waals surface area contributed by atoms with Gasteiger partial charge in [-0.1, -0.05) is 43.8 Å². The van der Waals surface area contributed by atoms with Crippen molar-refractivity contribution in [3.63, 3.8) is 0 Å². The number of carbonyl (C=O) groups is 4. The van der Waals surface area contributed by atoms with E-state index in [-0.39, 0.29) is 35.7 Å². The fourth-order valence-corrected chi connectivity index (χ4v) is 3.65. The predicted octanol–water partition coefficient (Wildman–Crippen LogP) is 6.25. The molecule has 0 aliphatic rings. The van der Waals surface area contributed by atoms with Crippen molar-refractivity contribution < 1.29 is 42.9 Å². The van der Waals surface area contributed by atoms with Crippen molar-refractivity contribution in [1.82, 2.24) is 0 Å². The quantitative estimate of drug-likeness (QED) is 0.0848. The van der Waals surface area contributed by atoms with Crippen molar-refractivity contribution in [1.29, 1.82) is 0 Å². The Bertz CT molecular complexity index is 1350. The molecule has 3 aromatic rings. The summed E-state index contributed by atoms with van der Waals surface area (Å²) < 4.78 is 26.8. The summed E-state index contributed by atoms with van der Waals surface area (Å²) in [4.78, 5) is 48.5. The van der Waals surface area contributed by atoms with Gasteiger partial charge in [0.25, 0.3) is 0 Å². The molecule has 0 aliphatic carbocycles. The van der Waals surface area contributed by atoms with Crippen LogP contribution in [-0.2, 0) is 25.7 Å². The van der Waals surface area contributed by atoms with Gasteiger partial charge in [-0.15, -0.1) is 0 Å². The monoisotopic (exact) mass is 574 g/mol. The minimum absolute atomic E-state index is 0.0114. The normalized spacial score (nSPS) is 10.3. The highest BCUT2D eigenvalue weighted by atomic mass is 16.6. The van der Waals surface area contributed by atoms with Crippen molar-refractivity contribution in [3.8, 4) is 17.2 Å². The molecule has 9 nitrogen and oxygen atoms in total. The minimum atomic E-state index is -0.728. The zero-order valence-electron chi connectivity index (χ0n) is 23.5. The zero-order chi connectivity index (χ0) is 30.2. The SMILES string of the molecule is C=CC(=O)OCCCCCCOc1ccc(C(=O)Oc2ccc(OC(=O)CC)c(C(=O)OCc3ccccc3)c2)cc1. The second kappa shape index (κ2) is 17.0. The van der Waals surface area contributed by atoms with Crippen LogP contribution in [0.25, 0.3) is 0 Å². The Morgan fingerprint density at radius 2 is 1.43 bits per heavy atom. The number of benzene rings is 3. The van der Waals surface area contributed by atoms with E-state index in [0.29, 0.717) is 19.0 Å². The highest BCUT2D eigenvalue weighted by Crippen LogP contribution is 2.27. The van der Waals surface area contributed by atoms with Gasteiger partial charge >= 0.3 is 23.9 Å². The largest absolute Gasteiger partial charge is 0.494 e. The molecule has 0 N–H and O–H groups in total. The van der Waals surface area contributed by atoms with Gasteiger partial charge in [-0.2, -0.15) is 0 Å². The molecule has 0 amide bonds. The van der Waals surface area contributed by atoms with Gasteiger partial charge in [-0.3, -0.25) is 4.79 Å². The summed E-state index contributed by atoms with van der Waals surface area (Å²) in [6.07, 6.45) is 4.70. The summed E-state index contributed by atoms with van der Waals surface area (Å²) in [6, 6.07) is 19.8. The molecule has 3 aromatic carbocycles. The number of rotatable bonds is 16. The summed E-state index contributed by atoms with van der Waals surface area (Å²) in [7, 11) is 0. The van der Waals surface area contributed by atoms with Crippen LogP contribution in [0.2, 0.25) is 0 Å². The summed E-state index contributed by atoms with van der Waals surface area (Å²) in [5.41, 5.74) is 1.03. The van der Waals surface area contributed by atoms with Crippen LogP contribution >= 0.6 is 0 Å². The third kappa shape index (κ3) is 10.6. The smallest absolute Gasteiger partial charge is 0.343 e. The Morgan fingerprint density at radius 3 is 2.12 bits per heavy atom. The van der Waals surface area contributed by atoms with E-state index in [4.69, 9.17) is 23.7 Å². The standard InChI is InChI=1S/C33H34O9/c1-3-30(34)39-21-11-6-5-10-20-38-26-16-14-25(15-17-26)32(36)41-27-18-19-29(42-31(35)4-2)28(22-27)33(37)40-23-24-12-8-7-9-13-24/h3,7-9,12-19,22H,1,4-6,10-11,20-21,23H2,2H3.